The molecule has 6 atom stereocenters. The zero-order valence-corrected chi connectivity index (χ0v) is 32.8. The Balaban J connectivity index is 1.59. The third kappa shape index (κ3) is 9.43. The average molecular weight is 783 g/mol. The van der Waals surface area contributed by atoms with E-state index < -0.39 is 23.8 Å². The summed E-state index contributed by atoms with van der Waals surface area (Å²) in [6.45, 7) is 8.74. The molecule has 57 heavy (non-hydrogen) atoms. The number of carbonyl (C=O) groups is 1. The zero-order chi connectivity index (χ0) is 40.2. The van der Waals surface area contributed by atoms with Gasteiger partial charge in [-0.3, -0.25) is 4.90 Å². The number of carbonyl (C=O) groups excluding carboxylic acids is 1. The van der Waals surface area contributed by atoms with Gasteiger partial charge >= 0.3 is 6.09 Å². The van der Waals surface area contributed by atoms with Crippen LogP contribution in [0, 0.1) is 23.6 Å². The Morgan fingerprint density at radius 2 is 1.70 bits per heavy atom. The summed E-state index contributed by atoms with van der Waals surface area (Å²) < 4.78 is 39.9. The number of amides is 1. The van der Waals surface area contributed by atoms with E-state index in [9.17, 15) is 19.4 Å². The summed E-state index contributed by atoms with van der Waals surface area (Å²) in [5.74, 6) is -1.21. The van der Waals surface area contributed by atoms with Crippen molar-refractivity contribution in [2.24, 2.45) is 22.9 Å². The quantitative estimate of drug-likeness (QED) is 0.0666. The Kier molecular flexibility index (Phi) is 14.6. The molecule has 0 aromatic heterocycles. The van der Waals surface area contributed by atoms with E-state index in [1.54, 1.807) is 29.2 Å². The molecule has 0 bridgehead atoms. The van der Waals surface area contributed by atoms with Crippen LogP contribution in [0.15, 0.2) is 115 Å². The average Bonchev–Trinajstić information content (AvgIpc) is 3.23. The molecule has 1 fully saturated rings. The van der Waals surface area contributed by atoms with Crippen LogP contribution in [0.3, 0.4) is 0 Å². The summed E-state index contributed by atoms with van der Waals surface area (Å²) in [5, 5.41) is 24.6. The molecule has 3 aliphatic rings. The van der Waals surface area contributed by atoms with E-state index in [0.717, 1.165) is 42.4 Å². The largest absolute Gasteiger partial charge is 0.490 e. The molecule has 1 saturated carbocycles. The second kappa shape index (κ2) is 19.9. The Bertz CT molecular complexity index is 1870. The van der Waals surface area contributed by atoms with Crippen molar-refractivity contribution in [3.63, 3.8) is 0 Å². The number of aliphatic hydroxyl groups excluding tert-OH is 2. The van der Waals surface area contributed by atoms with E-state index in [1.807, 2.05) is 48.5 Å². The highest BCUT2D eigenvalue weighted by molar-refractivity contribution is 6.03. The number of aliphatic hydroxyl groups is 2. The van der Waals surface area contributed by atoms with E-state index in [2.05, 4.69) is 19.2 Å². The predicted octanol–water partition coefficient (Wildman–Crippen LogP) is 8.49. The third-order valence-electron chi connectivity index (χ3n) is 11.3. The maximum atomic E-state index is 14.1. The number of benzene rings is 3. The number of hydrogen-bond acceptors (Lipinski definition) is 9. The van der Waals surface area contributed by atoms with Gasteiger partial charge in [0.25, 0.3) is 0 Å². The van der Waals surface area contributed by atoms with E-state index in [1.165, 1.54) is 19.2 Å². The molecule has 6 rings (SSSR count). The first-order chi connectivity index (χ1) is 27.9. The van der Waals surface area contributed by atoms with Gasteiger partial charge < -0.3 is 34.0 Å². The minimum atomic E-state index is -1.47. The van der Waals surface area contributed by atoms with Gasteiger partial charge in [-0.05, 0) is 84.6 Å². The number of rotatable bonds is 20. The number of oxime groups is 1. The third-order valence-corrected chi connectivity index (χ3v) is 11.3. The molecule has 0 radical (unpaired) electrons. The molecule has 1 heterocycles. The number of ether oxygens (including phenoxy) is 4. The van der Waals surface area contributed by atoms with Crippen molar-refractivity contribution in [3.05, 3.63) is 132 Å². The second-order valence-corrected chi connectivity index (χ2v) is 14.9. The van der Waals surface area contributed by atoms with E-state index in [-0.39, 0.29) is 63.0 Å². The van der Waals surface area contributed by atoms with Crippen LogP contribution in [-0.2, 0) is 27.5 Å². The van der Waals surface area contributed by atoms with Gasteiger partial charge in [0, 0.05) is 37.7 Å². The lowest BCUT2D eigenvalue weighted by Crippen LogP contribution is -2.70. The fraction of sp³-hybridized carbons (Fsp3) is 0.435. The van der Waals surface area contributed by atoms with E-state index in [4.69, 9.17) is 28.9 Å². The van der Waals surface area contributed by atoms with Gasteiger partial charge in [0.2, 0.25) is 5.79 Å². The lowest BCUT2D eigenvalue weighted by molar-refractivity contribution is -0.256. The molecule has 10 nitrogen and oxygen atoms in total. The van der Waals surface area contributed by atoms with E-state index >= 15 is 0 Å². The Labute approximate surface area is 335 Å². The molecule has 0 unspecified atom stereocenters. The molecule has 3 aromatic rings. The van der Waals surface area contributed by atoms with Crippen molar-refractivity contribution in [1.82, 2.24) is 4.90 Å². The van der Waals surface area contributed by atoms with Crippen LogP contribution >= 0.6 is 0 Å². The summed E-state index contributed by atoms with van der Waals surface area (Å²) in [7, 11) is 1.34. The highest BCUT2D eigenvalue weighted by atomic mass is 19.1. The van der Waals surface area contributed by atoms with Gasteiger partial charge in [-0.25, -0.2) is 9.18 Å². The van der Waals surface area contributed by atoms with Gasteiger partial charge in [-0.15, -0.1) is 6.58 Å². The van der Waals surface area contributed by atoms with Crippen LogP contribution in [0.2, 0.25) is 0 Å². The van der Waals surface area contributed by atoms with Crippen molar-refractivity contribution in [1.29, 1.82) is 0 Å². The number of hydrogen-bond donors (Lipinski definition) is 2. The zero-order valence-electron chi connectivity index (χ0n) is 32.8. The number of methoxy groups -OCH3 is 1. The smallest absolute Gasteiger partial charge is 0.410 e. The fourth-order valence-corrected chi connectivity index (χ4v) is 8.86. The molecule has 1 amide bonds. The Hall–Kier alpha value is -4.97. The van der Waals surface area contributed by atoms with Crippen LogP contribution in [-0.4, -0.2) is 72.3 Å². The standard InChI is InChI=1S/C46H55FN2O8/c1-4-25-54-36-21-22-41-39(28-36)43-37(16-10-12-24-51)34(15-9-11-23-50)27-38-40(48-56-31-33-13-7-6-8-14-33)29-42(46(57-41,44(38)43)55-26-5-2)49(45(52)53-3)30-32-17-19-35(47)20-18-32/h4-8,13-14,17-22,27-28,34,37,42-44,50-51H,1-2,9-12,15-16,23-26,29-31H2,3H3/t34-,37+,42-,43+,44+,46+/m0/s1. The lowest BCUT2D eigenvalue weighted by atomic mass is 9.55. The molecule has 304 valence electrons. The topological polar surface area (TPSA) is 119 Å². The Morgan fingerprint density at radius 3 is 2.40 bits per heavy atom. The van der Waals surface area contributed by atoms with Crippen LogP contribution < -0.4 is 9.47 Å². The van der Waals surface area contributed by atoms with Crippen LogP contribution in [0.5, 0.6) is 11.5 Å². The van der Waals surface area contributed by atoms with Gasteiger partial charge in [0.05, 0.1) is 25.3 Å². The van der Waals surface area contributed by atoms with Crippen molar-refractivity contribution < 1.29 is 43.2 Å². The Morgan fingerprint density at radius 1 is 0.965 bits per heavy atom. The molecule has 2 N–H and O–H groups in total. The number of halogens is 1. The number of fused-ring (bicyclic) bond motifs is 2. The monoisotopic (exact) mass is 782 g/mol. The summed E-state index contributed by atoms with van der Waals surface area (Å²) in [6, 6.07) is 20.8. The van der Waals surface area contributed by atoms with Crippen molar-refractivity contribution in [2.45, 2.75) is 75.8 Å². The van der Waals surface area contributed by atoms with Gasteiger partial charge in [-0.1, -0.05) is 85.3 Å². The first-order valence-electron chi connectivity index (χ1n) is 19.9. The van der Waals surface area contributed by atoms with Gasteiger partial charge in [0.1, 0.15) is 36.6 Å². The predicted molar refractivity (Wildman–Crippen MR) is 216 cm³/mol. The molecule has 11 heteroatoms. The molecule has 0 saturated heterocycles. The van der Waals surface area contributed by atoms with Gasteiger partial charge in [0.15, 0.2) is 0 Å². The summed E-state index contributed by atoms with van der Waals surface area (Å²) >= 11 is 0. The normalized spacial score (nSPS) is 24.0. The lowest BCUT2D eigenvalue weighted by Gasteiger charge is -2.59. The van der Waals surface area contributed by atoms with Crippen LogP contribution in [0.4, 0.5) is 9.18 Å². The molecule has 0 spiro atoms. The summed E-state index contributed by atoms with van der Waals surface area (Å²) in [6.07, 6.45) is 9.78. The molecular formula is C46H55FN2O8. The maximum absolute atomic E-state index is 14.1. The van der Waals surface area contributed by atoms with Crippen molar-refractivity contribution in [3.8, 4) is 11.5 Å². The van der Waals surface area contributed by atoms with E-state index in [0.29, 0.717) is 42.2 Å². The highest BCUT2D eigenvalue weighted by Crippen LogP contribution is 2.62. The summed E-state index contributed by atoms with van der Waals surface area (Å²) in [5.41, 5.74) is 4.15. The first kappa shape index (κ1) is 41.7. The number of unbranched alkanes of at least 4 members (excludes halogenated alkanes) is 2. The number of allylic oxidation sites excluding steroid dienone is 1. The molecule has 3 aromatic carbocycles. The SMILES string of the molecule is C=CCOc1ccc2c(c1)[C@H]1[C@H](CCCCO)[C@@H](CCCCO)C=C3C(=NOCc4ccccc4)C[C@H](N(Cc4ccc(F)cc4)C(=O)OC)[C@@](OCC=C)(O2)[C@H]31. The minimum absolute atomic E-state index is 0.0434. The number of nitrogens with zero attached hydrogens (tertiary/aromatic N) is 2. The van der Waals surface area contributed by atoms with Crippen LogP contribution in [0.1, 0.15) is 67.6 Å². The second-order valence-electron chi connectivity index (χ2n) is 14.9. The molecule has 2 aliphatic carbocycles. The molecular weight excluding hydrogens is 728 g/mol. The fourth-order valence-electron chi connectivity index (χ4n) is 8.86. The summed E-state index contributed by atoms with van der Waals surface area (Å²) in [4.78, 5) is 21.8. The molecule has 1 aliphatic heterocycles. The van der Waals surface area contributed by atoms with Gasteiger partial charge in [-0.2, -0.15) is 0 Å². The minimum Gasteiger partial charge on any atom is -0.490 e. The van der Waals surface area contributed by atoms with Crippen molar-refractivity contribution >= 4 is 11.8 Å². The maximum Gasteiger partial charge on any atom is 0.410 e. The van der Waals surface area contributed by atoms with Crippen LogP contribution in [0.25, 0.3) is 0 Å². The highest BCUT2D eigenvalue weighted by Gasteiger charge is 2.65. The van der Waals surface area contributed by atoms with Crippen molar-refractivity contribution in [2.75, 3.05) is 33.5 Å². The first-order valence-corrected chi connectivity index (χ1v) is 19.9.